The van der Waals surface area contributed by atoms with Crippen molar-refractivity contribution < 1.29 is 4.39 Å². The van der Waals surface area contributed by atoms with Crippen molar-refractivity contribution in [3.8, 4) is 0 Å². The van der Waals surface area contributed by atoms with Crippen LogP contribution in [0.2, 0.25) is 0 Å². The Morgan fingerprint density at radius 1 is 1.23 bits per heavy atom. The van der Waals surface area contributed by atoms with Crippen molar-refractivity contribution in [1.82, 2.24) is 14.7 Å². The summed E-state index contributed by atoms with van der Waals surface area (Å²) in [7, 11) is 2.09. The molecule has 1 heterocycles. The van der Waals surface area contributed by atoms with E-state index in [0.29, 0.717) is 13.1 Å². The van der Waals surface area contributed by atoms with Crippen LogP contribution < -0.4 is 5.73 Å². The first-order chi connectivity index (χ1) is 10.4. The third-order valence-corrected chi connectivity index (χ3v) is 3.65. The molecule has 0 bridgehead atoms. The third-order valence-electron chi connectivity index (χ3n) is 3.65. The van der Waals surface area contributed by atoms with Gasteiger partial charge in [0.25, 0.3) is 0 Å². The summed E-state index contributed by atoms with van der Waals surface area (Å²) in [6.07, 6.45) is 3.92. The number of rotatable bonds is 7. The molecular formula is C17H25FN4. The predicted molar refractivity (Wildman–Crippen MR) is 86.9 cm³/mol. The molecule has 22 heavy (non-hydrogen) atoms. The SMILES string of the molecule is CN(Cc1cnn(Cc2ccc(F)cc2)c1)CC(C)(C)CN. The summed E-state index contributed by atoms with van der Waals surface area (Å²) in [4.78, 5) is 2.26. The zero-order chi connectivity index (χ0) is 16.2. The van der Waals surface area contributed by atoms with Gasteiger partial charge in [0, 0.05) is 24.8 Å². The van der Waals surface area contributed by atoms with E-state index >= 15 is 0 Å². The summed E-state index contributed by atoms with van der Waals surface area (Å²) in [5, 5.41) is 4.38. The zero-order valence-electron chi connectivity index (χ0n) is 13.6. The first-order valence-electron chi connectivity index (χ1n) is 7.52. The molecule has 1 aromatic carbocycles. The molecular weight excluding hydrogens is 279 g/mol. The Kier molecular flexibility index (Phi) is 5.32. The topological polar surface area (TPSA) is 47.1 Å². The molecule has 0 amide bonds. The minimum Gasteiger partial charge on any atom is -0.330 e. The Hall–Kier alpha value is -1.72. The van der Waals surface area contributed by atoms with Crippen LogP contribution in [0.5, 0.6) is 0 Å². The average Bonchev–Trinajstić information content (AvgIpc) is 2.88. The summed E-state index contributed by atoms with van der Waals surface area (Å²) in [6, 6.07) is 6.52. The molecule has 0 radical (unpaired) electrons. The second kappa shape index (κ2) is 7.03. The number of nitrogens with zero attached hydrogens (tertiary/aromatic N) is 3. The fraction of sp³-hybridized carbons (Fsp3) is 0.471. The lowest BCUT2D eigenvalue weighted by atomic mass is 9.93. The molecule has 2 aromatic rings. The summed E-state index contributed by atoms with van der Waals surface area (Å²) >= 11 is 0. The Morgan fingerprint density at radius 2 is 1.91 bits per heavy atom. The van der Waals surface area contributed by atoms with E-state index in [2.05, 4.69) is 30.9 Å². The highest BCUT2D eigenvalue weighted by atomic mass is 19.1. The van der Waals surface area contributed by atoms with Gasteiger partial charge >= 0.3 is 0 Å². The van der Waals surface area contributed by atoms with E-state index in [4.69, 9.17) is 5.73 Å². The van der Waals surface area contributed by atoms with E-state index < -0.39 is 0 Å². The lowest BCUT2D eigenvalue weighted by Gasteiger charge is -2.28. The van der Waals surface area contributed by atoms with Crippen molar-refractivity contribution in [3.05, 3.63) is 53.6 Å². The molecule has 0 aliphatic heterocycles. The Bertz CT molecular complexity index is 589. The van der Waals surface area contributed by atoms with Gasteiger partial charge in [-0.25, -0.2) is 4.39 Å². The third kappa shape index (κ3) is 4.93. The van der Waals surface area contributed by atoms with E-state index in [1.54, 1.807) is 12.1 Å². The lowest BCUT2D eigenvalue weighted by molar-refractivity contribution is 0.210. The van der Waals surface area contributed by atoms with E-state index in [9.17, 15) is 4.39 Å². The zero-order valence-corrected chi connectivity index (χ0v) is 13.6. The second-order valence-corrected chi connectivity index (χ2v) is 6.71. The van der Waals surface area contributed by atoms with Gasteiger partial charge in [0.05, 0.1) is 12.7 Å². The summed E-state index contributed by atoms with van der Waals surface area (Å²) in [5.41, 5.74) is 8.09. The van der Waals surface area contributed by atoms with Gasteiger partial charge in [-0.1, -0.05) is 26.0 Å². The standard InChI is InChI=1S/C17H25FN4/c1-17(2,12-19)13-21(3)9-15-8-20-22(11-15)10-14-4-6-16(18)7-5-14/h4-8,11H,9-10,12-13,19H2,1-3H3. The van der Waals surface area contributed by atoms with Crippen molar-refractivity contribution in [3.63, 3.8) is 0 Å². The van der Waals surface area contributed by atoms with Gasteiger partial charge in [-0.3, -0.25) is 4.68 Å². The van der Waals surface area contributed by atoms with Gasteiger partial charge in [0.2, 0.25) is 0 Å². The van der Waals surface area contributed by atoms with E-state index in [1.807, 2.05) is 17.1 Å². The predicted octanol–water partition coefficient (Wildman–Crippen LogP) is 2.49. The highest BCUT2D eigenvalue weighted by Crippen LogP contribution is 2.15. The molecule has 5 heteroatoms. The molecule has 0 saturated heterocycles. The maximum atomic E-state index is 12.9. The molecule has 1 aromatic heterocycles. The minimum absolute atomic E-state index is 0.110. The van der Waals surface area contributed by atoms with Gasteiger partial charge in [-0.2, -0.15) is 5.10 Å². The largest absolute Gasteiger partial charge is 0.330 e. The van der Waals surface area contributed by atoms with Gasteiger partial charge in [-0.05, 0) is 36.7 Å². The van der Waals surface area contributed by atoms with Crippen LogP contribution in [0.25, 0.3) is 0 Å². The van der Waals surface area contributed by atoms with Crippen LogP contribution in [0.1, 0.15) is 25.0 Å². The van der Waals surface area contributed by atoms with Crippen LogP contribution in [0.4, 0.5) is 4.39 Å². The quantitative estimate of drug-likeness (QED) is 0.855. The molecule has 4 nitrogen and oxygen atoms in total. The number of halogens is 1. The fourth-order valence-corrected chi connectivity index (χ4v) is 2.51. The molecule has 2 rings (SSSR count). The maximum Gasteiger partial charge on any atom is 0.123 e. The number of aromatic nitrogens is 2. The molecule has 120 valence electrons. The summed E-state index contributed by atoms with van der Waals surface area (Å²) in [5.74, 6) is -0.214. The lowest BCUT2D eigenvalue weighted by Crippen LogP contribution is -2.36. The fourth-order valence-electron chi connectivity index (χ4n) is 2.51. The Balaban J connectivity index is 1.92. The van der Waals surface area contributed by atoms with E-state index in [-0.39, 0.29) is 11.2 Å². The highest BCUT2D eigenvalue weighted by Gasteiger charge is 2.18. The highest BCUT2D eigenvalue weighted by molar-refractivity contribution is 5.16. The smallest absolute Gasteiger partial charge is 0.123 e. The Labute approximate surface area is 131 Å². The summed E-state index contributed by atoms with van der Waals surface area (Å²) in [6.45, 7) is 7.43. The van der Waals surface area contributed by atoms with Gasteiger partial charge in [0.15, 0.2) is 0 Å². The molecule has 0 atom stereocenters. The molecule has 0 saturated carbocycles. The number of benzene rings is 1. The number of hydrogen-bond donors (Lipinski definition) is 1. The van der Waals surface area contributed by atoms with Crippen molar-refractivity contribution in [2.45, 2.75) is 26.9 Å². The molecule has 0 aliphatic rings. The van der Waals surface area contributed by atoms with Gasteiger partial charge in [0.1, 0.15) is 5.82 Å². The van der Waals surface area contributed by atoms with Gasteiger partial charge < -0.3 is 10.6 Å². The van der Waals surface area contributed by atoms with Crippen molar-refractivity contribution in [2.75, 3.05) is 20.1 Å². The van der Waals surface area contributed by atoms with Crippen LogP contribution >= 0.6 is 0 Å². The van der Waals surface area contributed by atoms with Crippen LogP contribution in [-0.2, 0) is 13.1 Å². The van der Waals surface area contributed by atoms with Crippen LogP contribution in [0.15, 0.2) is 36.7 Å². The molecule has 0 aliphatic carbocycles. The van der Waals surface area contributed by atoms with E-state index in [1.165, 1.54) is 12.1 Å². The van der Waals surface area contributed by atoms with E-state index in [0.717, 1.165) is 24.2 Å². The molecule has 0 unspecified atom stereocenters. The summed E-state index contributed by atoms with van der Waals surface area (Å²) < 4.78 is 14.8. The maximum absolute atomic E-state index is 12.9. The first-order valence-corrected chi connectivity index (χ1v) is 7.52. The van der Waals surface area contributed by atoms with Crippen molar-refractivity contribution in [2.24, 2.45) is 11.1 Å². The number of nitrogens with two attached hydrogens (primary N) is 1. The number of hydrogen-bond acceptors (Lipinski definition) is 3. The monoisotopic (exact) mass is 304 g/mol. The van der Waals surface area contributed by atoms with Crippen LogP contribution in [-0.4, -0.2) is 34.8 Å². The first kappa shape index (κ1) is 16.6. The normalized spacial score (nSPS) is 12.1. The van der Waals surface area contributed by atoms with Crippen molar-refractivity contribution in [1.29, 1.82) is 0 Å². The molecule has 0 spiro atoms. The Morgan fingerprint density at radius 3 is 2.55 bits per heavy atom. The average molecular weight is 304 g/mol. The van der Waals surface area contributed by atoms with Crippen LogP contribution in [0, 0.1) is 11.2 Å². The van der Waals surface area contributed by atoms with Crippen LogP contribution in [0.3, 0.4) is 0 Å². The minimum atomic E-state index is -0.214. The van der Waals surface area contributed by atoms with Gasteiger partial charge in [-0.15, -0.1) is 0 Å². The van der Waals surface area contributed by atoms with Crippen molar-refractivity contribution >= 4 is 0 Å². The second-order valence-electron chi connectivity index (χ2n) is 6.71. The molecule has 2 N–H and O–H groups in total. The molecule has 0 fully saturated rings.